The molecule has 0 aliphatic carbocycles. The van der Waals surface area contributed by atoms with Crippen LogP contribution in [-0.2, 0) is 6.54 Å². The van der Waals surface area contributed by atoms with Crippen LogP contribution in [0.1, 0.15) is 11.4 Å². The van der Waals surface area contributed by atoms with Gasteiger partial charge in [-0.1, -0.05) is 0 Å². The second-order valence-electron chi connectivity index (χ2n) is 3.93. The number of halogens is 1. The van der Waals surface area contributed by atoms with E-state index in [1.54, 1.807) is 25.3 Å². The van der Waals surface area contributed by atoms with Gasteiger partial charge in [-0.05, 0) is 37.6 Å². The first-order valence-corrected chi connectivity index (χ1v) is 5.53. The number of hydrogen-bond donors (Lipinski definition) is 0. The maximum atomic E-state index is 13.0. The molecule has 0 amide bonds. The third kappa shape index (κ3) is 2.84. The van der Waals surface area contributed by atoms with Gasteiger partial charge in [0.1, 0.15) is 24.0 Å². The standard InChI is InChI=1S/C13H15FN2O/c1-10-9-12(3-4-13(10)14)17-8-7-16-6-5-15-11(16)2/h3-6,9H,7-8H2,1-2H3. The fourth-order valence-corrected chi connectivity index (χ4v) is 1.61. The van der Waals surface area contributed by atoms with E-state index in [2.05, 4.69) is 4.98 Å². The lowest BCUT2D eigenvalue weighted by Gasteiger charge is -2.08. The number of imidazole rings is 1. The molecule has 90 valence electrons. The van der Waals surface area contributed by atoms with Crippen LogP contribution < -0.4 is 4.74 Å². The van der Waals surface area contributed by atoms with E-state index in [0.29, 0.717) is 17.9 Å². The van der Waals surface area contributed by atoms with Gasteiger partial charge in [-0.3, -0.25) is 0 Å². The first-order valence-electron chi connectivity index (χ1n) is 5.53. The van der Waals surface area contributed by atoms with E-state index in [-0.39, 0.29) is 5.82 Å². The van der Waals surface area contributed by atoms with Crippen molar-refractivity contribution in [3.63, 3.8) is 0 Å². The van der Waals surface area contributed by atoms with Gasteiger partial charge < -0.3 is 9.30 Å². The van der Waals surface area contributed by atoms with Crippen molar-refractivity contribution in [1.82, 2.24) is 9.55 Å². The van der Waals surface area contributed by atoms with E-state index >= 15 is 0 Å². The van der Waals surface area contributed by atoms with Gasteiger partial charge in [-0.2, -0.15) is 0 Å². The lowest BCUT2D eigenvalue weighted by Crippen LogP contribution is -2.08. The summed E-state index contributed by atoms with van der Waals surface area (Å²) in [6, 6.07) is 4.77. The largest absolute Gasteiger partial charge is 0.492 e. The Morgan fingerprint density at radius 1 is 1.35 bits per heavy atom. The molecule has 0 N–H and O–H groups in total. The SMILES string of the molecule is Cc1cc(OCCn2ccnc2C)ccc1F. The average Bonchev–Trinajstić information content (AvgIpc) is 2.70. The molecule has 3 nitrogen and oxygen atoms in total. The number of aromatic nitrogens is 2. The van der Waals surface area contributed by atoms with Crippen LogP contribution in [0, 0.1) is 19.7 Å². The van der Waals surface area contributed by atoms with Gasteiger partial charge in [0, 0.05) is 12.4 Å². The zero-order valence-corrected chi connectivity index (χ0v) is 9.98. The smallest absolute Gasteiger partial charge is 0.126 e. The lowest BCUT2D eigenvalue weighted by molar-refractivity contribution is 0.296. The molecular formula is C13H15FN2O. The van der Waals surface area contributed by atoms with Crippen molar-refractivity contribution in [2.45, 2.75) is 20.4 Å². The molecule has 0 saturated heterocycles. The molecule has 4 heteroatoms. The van der Waals surface area contributed by atoms with Crippen LogP contribution in [0.25, 0.3) is 0 Å². The predicted octanol–water partition coefficient (Wildman–Crippen LogP) is 2.72. The molecule has 0 atom stereocenters. The molecule has 2 aromatic rings. The van der Waals surface area contributed by atoms with Gasteiger partial charge in [0.25, 0.3) is 0 Å². The summed E-state index contributed by atoms with van der Waals surface area (Å²) >= 11 is 0. The van der Waals surface area contributed by atoms with E-state index in [0.717, 1.165) is 12.4 Å². The summed E-state index contributed by atoms with van der Waals surface area (Å²) in [5.74, 6) is 1.45. The van der Waals surface area contributed by atoms with Gasteiger partial charge in [0.15, 0.2) is 0 Å². The van der Waals surface area contributed by atoms with Crippen LogP contribution in [0.15, 0.2) is 30.6 Å². The third-order valence-corrected chi connectivity index (χ3v) is 2.65. The molecule has 0 unspecified atom stereocenters. The van der Waals surface area contributed by atoms with Crippen LogP contribution in [-0.4, -0.2) is 16.2 Å². The predicted molar refractivity (Wildman–Crippen MR) is 63.6 cm³/mol. The summed E-state index contributed by atoms with van der Waals surface area (Å²) in [7, 11) is 0. The Kier molecular flexibility index (Phi) is 3.42. The summed E-state index contributed by atoms with van der Waals surface area (Å²) in [6.07, 6.45) is 3.67. The highest BCUT2D eigenvalue weighted by molar-refractivity contribution is 5.28. The fraction of sp³-hybridized carbons (Fsp3) is 0.308. The second kappa shape index (κ2) is 4.99. The summed E-state index contributed by atoms with van der Waals surface area (Å²) < 4.78 is 20.6. The maximum Gasteiger partial charge on any atom is 0.126 e. The molecule has 17 heavy (non-hydrogen) atoms. The topological polar surface area (TPSA) is 27.1 Å². The highest BCUT2D eigenvalue weighted by atomic mass is 19.1. The highest BCUT2D eigenvalue weighted by Crippen LogP contribution is 2.15. The molecule has 0 saturated carbocycles. The van der Waals surface area contributed by atoms with Crippen LogP contribution in [0.5, 0.6) is 5.75 Å². The number of rotatable bonds is 4. The van der Waals surface area contributed by atoms with E-state index < -0.39 is 0 Å². The molecule has 0 aliphatic heterocycles. The molecule has 1 aromatic carbocycles. The zero-order valence-electron chi connectivity index (χ0n) is 9.98. The molecule has 0 radical (unpaired) electrons. The minimum atomic E-state index is -0.206. The summed E-state index contributed by atoms with van der Waals surface area (Å²) in [5.41, 5.74) is 0.598. The number of aryl methyl sites for hydroxylation is 2. The summed E-state index contributed by atoms with van der Waals surface area (Å²) in [4.78, 5) is 4.13. The minimum absolute atomic E-state index is 0.206. The monoisotopic (exact) mass is 234 g/mol. The van der Waals surface area contributed by atoms with Crippen LogP contribution in [0.2, 0.25) is 0 Å². The first kappa shape index (κ1) is 11.6. The summed E-state index contributed by atoms with van der Waals surface area (Å²) in [6.45, 7) is 4.95. The van der Waals surface area contributed by atoms with E-state index in [1.807, 2.05) is 17.7 Å². The summed E-state index contributed by atoms with van der Waals surface area (Å²) in [5, 5.41) is 0. The quantitative estimate of drug-likeness (QED) is 0.813. The van der Waals surface area contributed by atoms with Crippen LogP contribution in [0.4, 0.5) is 4.39 Å². The molecular weight excluding hydrogens is 219 g/mol. The average molecular weight is 234 g/mol. The number of benzene rings is 1. The van der Waals surface area contributed by atoms with E-state index in [1.165, 1.54) is 6.07 Å². The van der Waals surface area contributed by atoms with Gasteiger partial charge in [-0.25, -0.2) is 9.37 Å². The first-order chi connectivity index (χ1) is 8.16. The molecule has 0 bridgehead atoms. The van der Waals surface area contributed by atoms with Gasteiger partial charge in [0.2, 0.25) is 0 Å². The molecule has 1 aromatic heterocycles. The highest BCUT2D eigenvalue weighted by Gasteiger charge is 2.00. The second-order valence-corrected chi connectivity index (χ2v) is 3.93. The fourth-order valence-electron chi connectivity index (χ4n) is 1.61. The molecule has 2 rings (SSSR count). The van der Waals surface area contributed by atoms with Crippen molar-refractivity contribution in [2.24, 2.45) is 0 Å². The molecule has 1 heterocycles. The Bertz CT molecular complexity index is 508. The van der Waals surface area contributed by atoms with Gasteiger partial charge in [0.05, 0.1) is 6.54 Å². The Morgan fingerprint density at radius 3 is 2.82 bits per heavy atom. The number of ether oxygens (including phenoxy) is 1. The Balaban J connectivity index is 1.90. The van der Waals surface area contributed by atoms with E-state index in [9.17, 15) is 4.39 Å². The van der Waals surface area contributed by atoms with Gasteiger partial charge in [-0.15, -0.1) is 0 Å². The Morgan fingerprint density at radius 2 is 2.18 bits per heavy atom. The Hall–Kier alpha value is -1.84. The molecule has 0 aliphatic rings. The van der Waals surface area contributed by atoms with E-state index in [4.69, 9.17) is 4.74 Å². The van der Waals surface area contributed by atoms with Crippen molar-refractivity contribution >= 4 is 0 Å². The number of hydrogen-bond acceptors (Lipinski definition) is 2. The minimum Gasteiger partial charge on any atom is -0.492 e. The zero-order chi connectivity index (χ0) is 12.3. The van der Waals surface area contributed by atoms with Crippen molar-refractivity contribution in [3.05, 3.63) is 47.8 Å². The molecule has 0 fully saturated rings. The molecule has 0 spiro atoms. The van der Waals surface area contributed by atoms with Gasteiger partial charge >= 0.3 is 0 Å². The van der Waals surface area contributed by atoms with Crippen LogP contribution in [0.3, 0.4) is 0 Å². The van der Waals surface area contributed by atoms with Crippen LogP contribution >= 0.6 is 0 Å². The maximum absolute atomic E-state index is 13.0. The number of nitrogens with zero attached hydrogens (tertiary/aromatic N) is 2. The Labute approximate surface area is 99.9 Å². The lowest BCUT2D eigenvalue weighted by atomic mass is 10.2. The van der Waals surface area contributed by atoms with Crippen molar-refractivity contribution in [2.75, 3.05) is 6.61 Å². The van der Waals surface area contributed by atoms with Crippen molar-refractivity contribution in [3.8, 4) is 5.75 Å². The van der Waals surface area contributed by atoms with Crippen molar-refractivity contribution in [1.29, 1.82) is 0 Å². The third-order valence-electron chi connectivity index (χ3n) is 2.65. The normalized spacial score (nSPS) is 10.5. The van der Waals surface area contributed by atoms with Crippen molar-refractivity contribution < 1.29 is 9.13 Å².